The number of anilines is 1. The molecule has 2 aromatic carbocycles. The Kier molecular flexibility index (Phi) is 6.09. The number of hydrogen-bond donors (Lipinski definition) is 1. The summed E-state index contributed by atoms with van der Waals surface area (Å²) in [7, 11) is 0. The van der Waals surface area contributed by atoms with Gasteiger partial charge >= 0.3 is 0 Å². The van der Waals surface area contributed by atoms with Crippen LogP contribution in [0.5, 0.6) is 0 Å². The van der Waals surface area contributed by atoms with Crippen molar-refractivity contribution in [3.63, 3.8) is 0 Å². The monoisotopic (exact) mass is 434 g/mol. The van der Waals surface area contributed by atoms with Crippen LogP contribution in [0.3, 0.4) is 0 Å². The maximum Gasteiger partial charge on any atom is 0.248 e. The second-order valence-corrected chi connectivity index (χ2v) is 7.33. The standard InChI is InChI=1S/C24H20ClFN4O/c1-2-30-23(28-24(31)21(25)17-6-4-3-5-7-17)20(16-12-14-27-15-13-16)22(29-30)18-8-10-19(26)11-9-18/h3-15,21H,2H2,1H3,(H,28,31). The highest BCUT2D eigenvalue weighted by atomic mass is 35.5. The molecule has 0 bridgehead atoms. The molecule has 1 N–H and O–H groups in total. The third-order valence-corrected chi connectivity index (χ3v) is 5.35. The van der Waals surface area contributed by atoms with Gasteiger partial charge in [0.05, 0.1) is 5.56 Å². The first-order valence-corrected chi connectivity index (χ1v) is 10.3. The second-order valence-electron chi connectivity index (χ2n) is 6.89. The average Bonchev–Trinajstić information content (AvgIpc) is 3.18. The van der Waals surface area contributed by atoms with E-state index in [1.807, 2.05) is 49.4 Å². The van der Waals surface area contributed by atoms with Gasteiger partial charge in [0.1, 0.15) is 22.7 Å². The Morgan fingerprint density at radius 2 is 1.71 bits per heavy atom. The van der Waals surface area contributed by atoms with E-state index in [4.69, 9.17) is 16.7 Å². The van der Waals surface area contributed by atoms with Crippen molar-refractivity contribution in [3.05, 3.63) is 90.5 Å². The minimum atomic E-state index is -0.860. The van der Waals surface area contributed by atoms with E-state index in [0.717, 1.165) is 16.7 Å². The van der Waals surface area contributed by atoms with E-state index in [-0.39, 0.29) is 11.7 Å². The molecule has 0 saturated heterocycles. The van der Waals surface area contributed by atoms with Gasteiger partial charge in [0.25, 0.3) is 0 Å². The molecule has 0 fully saturated rings. The summed E-state index contributed by atoms with van der Waals surface area (Å²) in [4.78, 5) is 17.1. The van der Waals surface area contributed by atoms with E-state index < -0.39 is 5.38 Å². The number of benzene rings is 2. The third-order valence-electron chi connectivity index (χ3n) is 4.90. The Bertz CT molecular complexity index is 1180. The molecule has 31 heavy (non-hydrogen) atoms. The first kappa shape index (κ1) is 20.8. The van der Waals surface area contributed by atoms with Gasteiger partial charge in [0.15, 0.2) is 0 Å². The van der Waals surface area contributed by atoms with E-state index in [1.165, 1.54) is 12.1 Å². The maximum absolute atomic E-state index is 13.5. The first-order chi connectivity index (χ1) is 15.1. The van der Waals surface area contributed by atoms with Crippen molar-refractivity contribution in [2.24, 2.45) is 0 Å². The Morgan fingerprint density at radius 1 is 1.03 bits per heavy atom. The van der Waals surface area contributed by atoms with E-state index in [9.17, 15) is 9.18 Å². The summed E-state index contributed by atoms with van der Waals surface area (Å²) in [5.41, 5.74) is 3.63. The van der Waals surface area contributed by atoms with Crippen molar-refractivity contribution < 1.29 is 9.18 Å². The molecule has 2 heterocycles. The lowest BCUT2D eigenvalue weighted by Gasteiger charge is -2.14. The van der Waals surface area contributed by atoms with Crippen molar-refractivity contribution in [2.45, 2.75) is 18.8 Å². The number of aromatic nitrogens is 3. The van der Waals surface area contributed by atoms with Gasteiger partial charge in [-0.25, -0.2) is 9.07 Å². The van der Waals surface area contributed by atoms with Crippen molar-refractivity contribution in [3.8, 4) is 22.4 Å². The molecule has 0 aliphatic carbocycles. The number of pyridine rings is 1. The van der Waals surface area contributed by atoms with Gasteiger partial charge < -0.3 is 5.32 Å². The molecule has 2 aromatic heterocycles. The number of aryl methyl sites for hydroxylation is 1. The molecule has 0 spiro atoms. The zero-order chi connectivity index (χ0) is 21.8. The van der Waals surface area contributed by atoms with E-state index >= 15 is 0 Å². The Morgan fingerprint density at radius 3 is 2.35 bits per heavy atom. The smallest absolute Gasteiger partial charge is 0.248 e. The van der Waals surface area contributed by atoms with Gasteiger partial charge in [-0.3, -0.25) is 9.78 Å². The highest BCUT2D eigenvalue weighted by Crippen LogP contribution is 2.38. The van der Waals surface area contributed by atoms with Gasteiger partial charge in [-0.15, -0.1) is 11.6 Å². The van der Waals surface area contributed by atoms with Crippen LogP contribution in [0, 0.1) is 5.82 Å². The van der Waals surface area contributed by atoms with Gasteiger partial charge in [0.2, 0.25) is 5.91 Å². The minimum Gasteiger partial charge on any atom is -0.309 e. The first-order valence-electron chi connectivity index (χ1n) is 9.85. The molecule has 1 atom stereocenters. The number of carbonyl (C=O) groups is 1. The normalized spacial score (nSPS) is 11.8. The van der Waals surface area contributed by atoms with Crippen LogP contribution < -0.4 is 5.32 Å². The number of rotatable bonds is 6. The predicted molar refractivity (Wildman–Crippen MR) is 120 cm³/mol. The Hall–Kier alpha value is -3.51. The summed E-state index contributed by atoms with van der Waals surface area (Å²) in [6.45, 7) is 2.45. The van der Waals surface area contributed by atoms with Gasteiger partial charge in [-0.05, 0) is 54.4 Å². The van der Waals surface area contributed by atoms with E-state index in [1.54, 1.807) is 29.2 Å². The van der Waals surface area contributed by atoms with Gasteiger partial charge in [-0.1, -0.05) is 30.3 Å². The molecule has 0 saturated carbocycles. The van der Waals surface area contributed by atoms with Gasteiger partial charge in [0, 0.05) is 24.5 Å². The second kappa shape index (κ2) is 9.10. The van der Waals surface area contributed by atoms with Crippen LogP contribution in [0.25, 0.3) is 22.4 Å². The third kappa shape index (κ3) is 4.34. The Balaban J connectivity index is 1.81. The van der Waals surface area contributed by atoms with Crippen LogP contribution in [0.2, 0.25) is 0 Å². The highest BCUT2D eigenvalue weighted by Gasteiger charge is 2.25. The van der Waals surface area contributed by atoms with Crippen LogP contribution in [0.15, 0.2) is 79.1 Å². The predicted octanol–water partition coefficient (Wildman–Crippen LogP) is 5.69. The summed E-state index contributed by atoms with van der Waals surface area (Å²) >= 11 is 6.45. The molecule has 0 aliphatic rings. The number of amides is 1. The van der Waals surface area contributed by atoms with E-state index in [2.05, 4.69) is 10.3 Å². The average molecular weight is 435 g/mol. The van der Waals surface area contributed by atoms with Crippen molar-refractivity contribution >= 4 is 23.3 Å². The molecule has 0 aliphatic heterocycles. The van der Waals surface area contributed by atoms with E-state index in [0.29, 0.717) is 23.6 Å². The highest BCUT2D eigenvalue weighted by molar-refractivity contribution is 6.32. The summed E-state index contributed by atoms with van der Waals surface area (Å²) in [5.74, 6) is -0.159. The quantitative estimate of drug-likeness (QED) is 0.396. The van der Waals surface area contributed by atoms with Crippen LogP contribution in [0.1, 0.15) is 17.9 Å². The number of nitrogens with one attached hydrogen (secondary N) is 1. The minimum absolute atomic E-state index is 0.328. The van der Waals surface area contributed by atoms with Crippen molar-refractivity contribution in [1.29, 1.82) is 0 Å². The summed E-state index contributed by atoms with van der Waals surface area (Å²) in [6, 6.07) is 19.0. The maximum atomic E-state index is 13.5. The van der Waals surface area contributed by atoms with Crippen molar-refractivity contribution in [2.75, 3.05) is 5.32 Å². The number of carbonyl (C=O) groups excluding carboxylic acids is 1. The fraction of sp³-hybridized carbons (Fsp3) is 0.125. The fourth-order valence-corrected chi connectivity index (χ4v) is 3.57. The zero-order valence-corrected chi connectivity index (χ0v) is 17.6. The lowest BCUT2D eigenvalue weighted by molar-refractivity contribution is -0.116. The van der Waals surface area contributed by atoms with Crippen LogP contribution in [0.4, 0.5) is 10.2 Å². The molecular formula is C24H20ClFN4O. The molecule has 1 unspecified atom stereocenters. The molecular weight excluding hydrogens is 415 g/mol. The molecule has 5 nitrogen and oxygen atoms in total. The van der Waals surface area contributed by atoms with Gasteiger partial charge in [-0.2, -0.15) is 5.10 Å². The summed E-state index contributed by atoms with van der Waals surface area (Å²) in [5, 5.41) is 6.81. The number of halogens is 2. The fourth-order valence-electron chi connectivity index (χ4n) is 3.37. The zero-order valence-electron chi connectivity index (χ0n) is 16.8. The summed E-state index contributed by atoms with van der Waals surface area (Å²) < 4.78 is 15.2. The molecule has 7 heteroatoms. The molecule has 0 radical (unpaired) electrons. The molecule has 1 amide bonds. The van der Waals surface area contributed by atoms with Crippen molar-refractivity contribution in [1.82, 2.24) is 14.8 Å². The summed E-state index contributed by atoms with van der Waals surface area (Å²) in [6.07, 6.45) is 3.35. The largest absolute Gasteiger partial charge is 0.309 e. The SMILES string of the molecule is CCn1nc(-c2ccc(F)cc2)c(-c2ccncc2)c1NC(=O)C(Cl)c1ccccc1. The molecule has 156 valence electrons. The topological polar surface area (TPSA) is 59.8 Å². The lowest BCUT2D eigenvalue weighted by atomic mass is 10.0. The number of nitrogens with zero attached hydrogens (tertiary/aromatic N) is 3. The Labute approximate surface area is 184 Å². The lowest BCUT2D eigenvalue weighted by Crippen LogP contribution is -2.20. The number of alkyl halides is 1. The van der Waals surface area contributed by atoms with Crippen LogP contribution in [-0.4, -0.2) is 20.7 Å². The number of hydrogen-bond acceptors (Lipinski definition) is 3. The van der Waals surface area contributed by atoms with Crippen LogP contribution in [-0.2, 0) is 11.3 Å². The van der Waals surface area contributed by atoms with Crippen LogP contribution >= 0.6 is 11.6 Å². The molecule has 4 rings (SSSR count). The molecule has 4 aromatic rings.